The van der Waals surface area contributed by atoms with Crippen molar-refractivity contribution < 1.29 is 4.74 Å². The molecule has 2 nitrogen and oxygen atoms in total. The lowest BCUT2D eigenvalue weighted by Gasteiger charge is -2.38. The van der Waals surface area contributed by atoms with Gasteiger partial charge >= 0.3 is 0 Å². The molecule has 0 amide bonds. The van der Waals surface area contributed by atoms with E-state index in [1.54, 1.807) is 0 Å². The van der Waals surface area contributed by atoms with E-state index < -0.39 is 0 Å². The van der Waals surface area contributed by atoms with Crippen LogP contribution in [0, 0.1) is 5.41 Å². The molecule has 0 heterocycles. The van der Waals surface area contributed by atoms with Crippen LogP contribution in [0.3, 0.4) is 0 Å². The maximum atomic E-state index is 5.89. The maximum Gasteiger partial charge on any atom is 0.0674 e. The molecule has 0 aliphatic rings. The number of rotatable bonds is 5. The zero-order chi connectivity index (χ0) is 11.4. The molecular formula is C12H27NO. The fourth-order valence-corrected chi connectivity index (χ4v) is 0.949. The van der Waals surface area contributed by atoms with Crippen molar-refractivity contribution in [3.8, 4) is 0 Å². The van der Waals surface area contributed by atoms with E-state index in [0.29, 0.717) is 0 Å². The van der Waals surface area contributed by atoms with E-state index in [0.717, 1.165) is 19.4 Å². The Kier molecular flexibility index (Phi) is 5.10. The van der Waals surface area contributed by atoms with Crippen LogP contribution in [0.4, 0.5) is 0 Å². The summed E-state index contributed by atoms with van der Waals surface area (Å²) in [6, 6.07) is 0.288. The zero-order valence-electron chi connectivity index (χ0n) is 10.7. The predicted octanol–water partition coefficient (Wildman–Crippen LogP) is 2.96. The Morgan fingerprint density at radius 1 is 1.14 bits per heavy atom. The zero-order valence-corrected chi connectivity index (χ0v) is 10.7. The summed E-state index contributed by atoms with van der Waals surface area (Å²) in [6.45, 7) is 13.8. The minimum atomic E-state index is -0.0646. The van der Waals surface area contributed by atoms with E-state index in [-0.39, 0.29) is 17.1 Å². The van der Waals surface area contributed by atoms with Crippen LogP contribution < -0.4 is 5.73 Å². The van der Waals surface area contributed by atoms with Crippen LogP contribution in [-0.4, -0.2) is 18.2 Å². The van der Waals surface area contributed by atoms with Gasteiger partial charge < -0.3 is 10.5 Å². The molecule has 0 aliphatic heterocycles. The van der Waals surface area contributed by atoms with E-state index in [9.17, 15) is 0 Å². The van der Waals surface area contributed by atoms with Crippen molar-refractivity contribution in [3.63, 3.8) is 0 Å². The molecule has 86 valence electrons. The van der Waals surface area contributed by atoms with E-state index in [1.807, 2.05) is 6.92 Å². The SMILES string of the molecule is CC(N)CCCOC(C)(C)C(C)(C)C. The van der Waals surface area contributed by atoms with Crippen LogP contribution in [0.15, 0.2) is 0 Å². The Morgan fingerprint density at radius 3 is 2.00 bits per heavy atom. The van der Waals surface area contributed by atoms with Crippen LogP contribution >= 0.6 is 0 Å². The quantitative estimate of drug-likeness (QED) is 0.694. The topological polar surface area (TPSA) is 35.2 Å². The van der Waals surface area contributed by atoms with Crippen molar-refractivity contribution in [2.24, 2.45) is 11.1 Å². The van der Waals surface area contributed by atoms with Gasteiger partial charge in [0, 0.05) is 12.6 Å². The number of ether oxygens (including phenoxy) is 1. The molecule has 0 radical (unpaired) electrons. The summed E-state index contributed by atoms with van der Waals surface area (Å²) in [7, 11) is 0. The van der Waals surface area contributed by atoms with Gasteiger partial charge in [-0.1, -0.05) is 20.8 Å². The minimum absolute atomic E-state index is 0.0646. The van der Waals surface area contributed by atoms with E-state index in [2.05, 4.69) is 34.6 Å². The van der Waals surface area contributed by atoms with Crippen LogP contribution in [0.5, 0.6) is 0 Å². The summed E-state index contributed by atoms with van der Waals surface area (Å²) in [5.41, 5.74) is 5.79. The normalized spacial score (nSPS) is 15.6. The fourth-order valence-electron chi connectivity index (χ4n) is 0.949. The Hall–Kier alpha value is -0.0800. The molecule has 0 aromatic rings. The second-order valence-corrected chi connectivity index (χ2v) is 5.73. The number of nitrogens with two attached hydrogens (primary N) is 1. The molecule has 0 aromatic heterocycles. The lowest BCUT2D eigenvalue weighted by Crippen LogP contribution is -2.39. The van der Waals surface area contributed by atoms with Crippen LogP contribution in [0.1, 0.15) is 54.4 Å². The minimum Gasteiger partial charge on any atom is -0.375 e. The monoisotopic (exact) mass is 201 g/mol. The Morgan fingerprint density at radius 2 is 1.64 bits per heavy atom. The molecule has 0 saturated heterocycles. The van der Waals surface area contributed by atoms with E-state index in [4.69, 9.17) is 10.5 Å². The van der Waals surface area contributed by atoms with Gasteiger partial charge in [0.2, 0.25) is 0 Å². The summed E-state index contributed by atoms with van der Waals surface area (Å²) in [6.07, 6.45) is 2.09. The van der Waals surface area contributed by atoms with Crippen molar-refractivity contribution in [3.05, 3.63) is 0 Å². The average molecular weight is 201 g/mol. The summed E-state index contributed by atoms with van der Waals surface area (Å²) in [4.78, 5) is 0. The van der Waals surface area contributed by atoms with Crippen molar-refractivity contribution >= 4 is 0 Å². The highest BCUT2D eigenvalue weighted by atomic mass is 16.5. The molecule has 2 N–H and O–H groups in total. The van der Waals surface area contributed by atoms with Crippen molar-refractivity contribution in [1.82, 2.24) is 0 Å². The van der Waals surface area contributed by atoms with Gasteiger partial charge in [-0.2, -0.15) is 0 Å². The summed E-state index contributed by atoms with van der Waals surface area (Å²) in [5, 5.41) is 0. The Bertz CT molecular complexity index is 156. The highest BCUT2D eigenvalue weighted by molar-refractivity contribution is 4.83. The average Bonchev–Trinajstić information content (AvgIpc) is 1.95. The molecule has 0 rings (SSSR count). The first-order valence-corrected chi connectivity index (χ1v) is 5.56. The summed E-state index contributed by atoms with van der Waals surface area (Å²) >= 11 is 0. The highest BCUT2D eigenvalue weighted by Crippen LogP contribution is 2.32. The van der Waals surface area contributed by atoms with Gasteiger partial charge in [-0.25, -0.2) is 0 Å². The van der Waals surface area contributed by atoms with Gasteiger partial charge in [-0.15, -0.1) is 0 Å². The van der Waals surface area contributed by atoms with Crippen LogP contribution in [0.2, 0.25) is 0 Å². The Balaban J connectivity index is 3.78. The van der Waals surface area contributed by atoms with Gasteiger partial charge in [0.1, 0.15) is 0 Å². The van der Waals surface area contributed by atoms with Gasteiger partial charge in [-0.05, 0) is 39.0 Å². The van der Waals surface area contributed by atoms with Gasteiger partial charge in [0.15, 0.2) is 0 Å². The van der Waals surface area contributed by atoms with Crippen molar-refractivity contribution in [2.75, 3.05) is 6.61 Å². The Labute approximate surface area is 89.2 Å². The van der Waals surface area contributed by atoms with Crippen molar-refractivity contribution in [1.29, 1.82) is 0 Å². The fraction of sp³-hybridized carbons (Fsp3) is 1.00. The first kappa shape index (κ1) is 13.9. The number of hydrogen-bond donors (Lipinski definition) is 1. The molecule has 0 aromatic carbocycles. The lowest BCUT2D eigenvalue weighted by atomic mass is 9.79. The molecule has 1 unspecified atom stereocenters. The lowest BCUT2D eigenvalue weighted by molar-refractivity contribution is -0.0913. The predicted molar refractivity (Wildman–Crippen MR) is 62.4 cm³/mol. The van der Waals surface area contributed by atoms with Crippen molar-refractivity contribution in [2.45, 2.75) is 66.0 Å². The van der Waals surface area contributed by atoms with Crippen LogP contribution in [0.25, 0.3) is 0 Å². The number of hydrogen-bond acceptors (Lipinski definition) is 2. The molecular weight excluding hydrogens is 174 g/mol. The third kappa shape index (κ3) is 4.97. The second-order valence-electron chi connectivity index (χ2n) is 5.73. The smallest absolute Gasteiger partial charge is 0.0674 e. The molecule has 0 fully saturated rings. The van der Waals surface area contributed by atoms with Gasteiger partial charge in [-0.3, -0.25) is 0 Å². The molecule has 0 saturated carbocycles. The summed E-state index contributed by atoms with van der Waals surface area (Å²) < 4.78 is 5.89. The first-order chi connectivity index (χ1) is 6.17. The van der Waals surface area contributed by atoms with E-state index >= 15 is 0 Å². The maximum absolute atomic E-state index is 5.89. The standard InChI is InChI=1S/C12H27NO/c1-10(13)8-7-9-14-12(5,6)11(2,3)4/h10H,7-9,13H2,1-6H3. The molecule has 1 atom stereocenters. The van der Waals surface area contributed by atoms with Gasteiger partial charge in [0.25, 0.3) is 0 Å². The second kappa shape index (κ2) is 5.13. The molecule has 0 spiro atoms. The van der Waals surface area contributed by atoms with Crippen LogP contribution in [-0.2, 0) is 4.74 Å². The molecule has 0 bridgehead atoms. The van der Waals surface area contributed by atoms with Gasteiger partial charge in [0.05, 0.1) is 5.60 Å². The third-order valence-corrected chi connectivity index (χ3v) is 3.07. The summed E-state index contributed by atoms with van der Waals surface area (Å²) in [5.74, 6) is 0. The largest absolute Gasteiger partial charge is 0.375 e. The molecule has 0 aliphatic carbocycles. The third-order valence-electron chi connectivity index (χ3n) is 3.07. The first-order valence-electron chi connectivity index (χ1n) is 5.56. The molecule has 2 heteroatoms. The van der Waals surface area contributed by atoms with E-state index in [1.165, 1.54) is 0 Å². The molecule has 14 heavy (non-hydrogen) atoms. The highest BCUT2D eigenvalue weighted by Gasteiger charge is 2.33.